The first-order valence-corrected chi connectivity index (χ1v) is 9.25. The van der Waals surface area contributed by atoms with Crippen LogP contribution in [0.15, 0.2) is 21.5 Å². The van der Waals surface area contributed by atoms with E-state index in [4.69, 9.17) is 17.3 Å². The second-order valence-electron chi connectivity index (χ2n) is 4.98. The summed E-state index contributed by atoms with van der Waals surface area (Å²) in [5, 5.41) is 0.328. The number of halogens is 2. The van der Waals surface area contributed by atoms with E-state index in [-0.39, 0.29) is 10.9 Å². The van der Waals surface area contributed by atoms with E-state index in [1.165, 1.54) is 12.1 Å². The Hall–Kier alpha value is -0.300. The first-order valence-electron chi connectivity index (χ1n) is 6.64. The van der Waals surface area contributed by atoms with E-state index in [9.17, 15) is 8.42 Å². The first-order chi connectivity index (χ1) is 9.37. The summed E-state index contributed by atoms with van der Waals surface area (Å²) < 4.78 is 27.7. The van der Waals surface area contributed by atoms with Crippen molar-refractivity contribution >= 4 is 43.2 Å². The van der Waals surface area contributed by atoms with Gasteiger partial charge in [-0.3, -0.25) is 0 Å². The van der Waals surface area contributed by atoms with E-state index < -0.39 is 10.0 Å². The van der Waals surface area contributed by atoms with Crippen LogP contribution in [0.4, 0.5) is 5.69 Å². The van der Waals surface area contributed by atoms with Crippen LogP contribution in [0.2, 0.25) is 5.02 Å². The average Bonchev–Trinajstić information content (AvgIpc) is 2.42. The zero-order chi connectivity index (χ0) is 14.9. The molecule has 1 aliphatic rings. The van der Waals surface area contributed by atoms with Gasteiger partial charge in [0.15, 0.2) is 0 Å². The highest BCUT2D eigenvalue weighted by molar-refractivity contribution is 9.10. The number of nitrogens with zero attached hydrogens (tertiary/aromatic N) is 1. The van der Waals surface area contributed by atoms with E-state index in [2.05, 4.69) is 15.9 Å². The van der Waals surface area contributed by atoms with Gasteiger partial charge in [-0.15, -0.1) is 0 Å². The van der Waals surface area contributed by atoms with Crippen molar-refractivity contribution in [2.75, 3.05) is 12.3 Å². The fraction of sp³-hybridized carbons (Fsp3) is 0.538. The Kier molecular flexibility index (Phi) is 5.00. The van der Waals surface area contributed by atoms with Crippen LogP contribution < -0.4 is 5.73 Å². The molecule has 1 atom stereocenters. The zero-order valence-electron chi connectivity index (χ0n) is 11.3. The van der Waals surface area contributed by atoms with E-state index >= 15 is 0 Å². The maximum Gasteiger partial charge on any atom is 0.244 e. The summed E-state index contributed by atoms with van der Waals surface area (Å²) in [5.74, 6) is 0. The third-order valence-corrected chi connectivity index (χ3v) is 7.00. The lowest BCUT2D eigenvalue weighted by molar-refractivity contribution is 0.246. The third-order valence-electron chi connectivity index (χ3n) is 3.66. The highest BCUT2D eigenvalue weighted by atomic mass is 79.9. The number of hydrogen-bond donors (Lipinski definition) is 1. The molecule has 0 bridgehead atoms. The maximum absolute atomic E-state index is 12.9. The molecule has 20 heavy (non-hydrogen) atoms. The number of sulfonamides is 1. The molecular formula is C13H18BrClN2O2S. The van der Waals surface area contributed by atoms with Gasteiger partial charge in [0.25, 0.3) is 0 Å². The monoisotopic (exact) mass is 380 g/mol. The number of nitrogen functional groups attached to an aromatic ring is 1. The zero-order valence-corrected chi connectivity index (χ0v) is 14.4. The van der Waals surface area contributed by atoms with Gasteiger partial charge < -0.3 is 5.73 Å². The molecule has 0 aliphatic carbocycles. The van der Waals surface area contributed by atoms with Crippen LogP contribution in [0, 0.1) is 0 Å². The molecule has 0 aromatic heterocycles. The van der Waals surface area contributed by atoms with Crippen molar-refractivity contribution in [1.29, 1.82) is 0 Å². The van der Waals surface area contributed by atoms with Gasteiger partial charge in [-0.05, 0) is 47.3 Å². The molecule has 0 spiro atoms. The minimum absolute atomic E-state index is 0.0563. The van der Waals surface area contributed by atoms with Gasteiger partial charge in [-0.2, -0.15) is 4.31 Å². The summed E-state index contributed by atoms with van der Waals surface area (Å²) >= 11 is 9.22. The molecule has 1 saturated heterocycles. The molecule has 112 valence electrons. The molecule has 1 fully saturated rings. The van der Waals surface area contributed by atoms with Crippen LogP contribution in [-0.4, -0.2) is 25.3 Å². The molecule has 4 nitrogen and oxygen atoms in total. The van der Waals surface area contributed by atoms with Gasteiger partial charge in [-0.25, -0.2) is 8.42 Å². The van der Waals surface area contributed by atoms with Gasteiger partial charge in [0.1, 0.15) is 0 Å². The predicted octanol–water partition coefficient (Wildman–Crippen LogP) is 3.64. The third kappa shape index (κ3) is 2.98. The van der Waals surface area contributed by atoms with Crippen molar-refractivity contribution in [3.8, 4) is 0 Å². The summed E-state index contributed by atoms with van der Waals surface area (Å²) in [6.45, 7) is 2.57. The van der Waals surface area contributed by atoms with Crippen LogP contribution in [-0.2, 0) is 10.0 Å². The van der Waals surface area contributed by atoms with Crippen LogP contribution in [0.5, 0.6) is 0 Å². The van der Waals surface area contributed by atoms with Gasteiger partial charge in [0.2, 0.25) is 10.0 Å². The van der Waals surface area contributed by atoms with Crippen molar-refractivity contribution in [3.63, 3.8) is 0 Å². The van der Waals surface area contributed by atoms with Gasteiger partial charge >= 0.3 is 0 Å². The van der Waals surface area contributed by atoms with E-state index in [1.54, 1.807) is 4.31 Å². The van der Waals surface area contributed by atoms with Gasteiger partial charge in [0.05, 0.1) is 9.37 Å². The molecule has 1 heterocycles. The topological polar surface area (TPSA) is 63.4 Å². The normalized spacial score (nSPS) is 21.1. The summed E-state index contributed by atoms with van der Waals surface area (Å²) in [6.07, 6.45) is 3.68. The number of benzene rings is 1. The molecule has 1 aromatic rings. The van der Waals surface area contributed by atoms with E-state index in [1.807, 2.05) is 6.92 Å². The van der Waals surface area contributed by atoms with Crippen LogP contribution in [0.3, 0.4) is 0 Å². The summed E-state index contributed by atoms with van der Waals surface area (Å²) in [5.41, 5.74) is 6.13. The Labute approximate surface area is 133 Å². The molecule has 0 saturated carbocycles. The second-order valence-corrected chi connectivity index (χ2v) is 8.07. The standard InChI is InChI=1S/C13H18BrClN2O2S/c1-2-10-5-3-4-6-17(10)20(18,19)12-8-9(15)7-11(16)13(12)14/h7-8,10H,2-6,16H2,1H3. The number of rotatable bonds is 3. The Morgan fingerprint density at radius 3 is 2.80 bits per heavy atom. The molecule has 1 aliphatic heterocycles. The number of anilines is 1. The molecule has 0 amide bonds. The van der Waals surface area contributed by atoms with E-state index in [0.29, 0.717) is 21.7 Å². The second kappa shape index (κ2) is 6.22. The molecule has 1 aromatic carbocycles. The van der Waals surface area contributed by atoms with Crippen molar-refractivity contribution < 1.29 is 8.42 Å². The minimum atomic E-state index is -3.58. The smallest absolute Gasteiger partial charge is 0.244 e. The molecule has 7 heteroatoms. The quantitative estimate of drug-likeness (QED) is 0.813. The maximum atomic E-state index is 12.9. The van der Waals surface area contributed by atoms with Gasteiger partial charge in [-0.1, -0.05) is 24.9 Å². The molecule has 2 N–H and O–H groups in total. The average molecular weight is 382 g/mol. The fourth-order valence-electron chi connectivity index (χ4n) is 2.60. The van der Waals surface area contributed by atoms with Crippen LogP contribution in [0.25, 0.3) is 0 Å². The van der Waals surface area contributed by atoms with Gasteiger partial charge in [0, 0.05) is 23.3 Å². The number of nitrogens with two attached hydrogens (primary N) is 1. The SMILES string of the molecule is CCC1CCCCN1S(=O)(=O)c1cc(Cl)cc(N)c1Br. The Morgan fingerprint density at radius 1 is 1.45 bits per heavy atom. The number of piperidine rings is 1. The van der Waals surface area contributed by atoms with Crippen molar-refractivity contribution in [2.45, 2.75) is 43.5 Å². The van der Waals surface area contributed by atoms with Crippen LogP contribution >= 0.6 is 27.5 Å². The lowest BCUT2D eigenvalue weighted by Gasteiger charge is -2.34. The fourth-order valence-corrected chi connectivity index (χ4v) is 5.62. The Bertz CT molecular complexity index is 607. The highest BCUT2D eigenvalue weighted by Crippen LogP contribution is 2.35. The summed E-state index contributed by atoms with van der Waals surface area (Å²) in [4.78, 5) is 0.155. The minimum Gasteiger partial charge on any atom is -0.398 e. The first kappa shape index (κ1) is 16.1. The number of hydrogen-bond acceptors (Lipinski definition) is 3. The Balaban J connectivity index is 2.49. The molecule has 2 rings (SSSR count). The van der Waals surface area contributed by atoms with Crippen LogP contribution in [0.1, 0.15) is 32.6 Å². The summed E-state index contributed by atoms with van der Waals surface area (Å²) in [7, 11) is -3.58. The largest absolute Gasteiger partial charge is 0.398 e. The predicted molar refractivity (Wildman–Crippen MR) is 85.4 cm³/mol. The van der Waals surface area contributed by atoms with Crippen molar-refractivity contribution in [2.24, 2.45) is 0 Å². The molecule has 0 radical (unpaired) electrons. The highest BCUT2D eigenvalue weighted by Gasteiger charge is 2.34. The lowest BCUT2D eigenvalue weighted by Crippen LogP contribution is -2.43. The molecule has 1 unspecified atom stereocenters. The van der Waals surface area contributed by atoms with Crippen molar-refractivity contribution in [3.05, 3.63) is 21.6 Å². The van der Waals surface area contributed by atoms with E-state index in [0.717, 1.165) is 25.7 Å². The lowest BCUT2D eigenvalue weighted by atomic mass is 10.0. The van der Waals surface area contributed by atoms with Crippen molar-refractivity contribution in [1.82, 2.24) is 4.31 Å². The molecular weight excluding hydrogens is 364 g/mol. The summed E-state index contributed by atoms with van der Waals surface area (Å²) in [6, 6.07) is 3.05. The Morgan fingerprint density at radius 2 is 2.15 bits per heavy atom.